The molecule has 6 atom stereocenters. The van der Waals surface area contributed by atoms with Gasteiger partial charge >= 0.3 is 5.97 Å². The van der Waals surface area contributed by atoms with E-state index in [0.717, 1.165) is 0 Å². The Hall–Kier alpha value is -0.810. The first-order valence-electron chi connectivity index (χ1n) is 5.27. The Kier molecular flexibility index (Phi) is 4.61. The highest BCUT2D eigenvalue weighted by atomic mass is 16.7. The van der Waals surface area contributed by atoms with Gasteiger partial charge in [0.15, 0.2) is 0 Å². The molecular formula is C9H17NO8. The molecule has 0 spiro atoms. The third-order valence-corrected chi connectivity index (χ3v) is 2.89. The number of carbonyl (C=O) groups is 1. The first-order chi connectivity index (χ1) is 8.23. The van der Waals surface area contributed by atoms with Crippen LogP contribution in [0, 0.1) is 0 Å². The van der Waals surface area contributed by atoms with Crippen molar-refractivity contribution in [2.24, 2.45) is 5.73 Å². The Morgan fingerprint density at radius 1 is 1.50 bits per heavy atom. The summed E-state index contributed by atoms with van der Waals surface area (Å²) in [6.07, 6.45) is -7.01. The number of carboxylic acid groups (broad SMARTS) is 1. The number of rotatable bonds is 4. The number of ether oxygens (including phenoxy) is 1. The molecule has 0 amide bonds. The van der Waals surface area contributed by atoms with Gasteiger partial charge in [-0.3, -0.25) is 0 Å². The molecule has 0 aromatic rings. The second kappa shape index (κ2) is 5.45. The lowest BCUT2D eigenvalue weighted by Crippen LogP contribution is -2.65. The van der Waals surface area contributed by atoms with Gasteiger partial charge in [0, 0.05) is 6.42 Å². The van der Waals surface area contributed by atoms with Gasteiger partial charge in [-0.05, 0) is 0 Å². The van der Waals surface area contributed by atoms with E-state index >= 15 is 0 Å². The van der Waals surface area contributed by atoms with Gasteiger partial charge in [-0.1, -0.05) is 0 Å². The van der Waals surface area contributed by atoms with Gasteiger partial charge in [0.2, 0.25) is 0 Å². The van der Waals surface area contributed by atoms with Crippen molar-refractivity contribution >= 4 is 5.97 Å². The predicted molar refractivity (Wildman–Crippen MR) is 55.2 cm³/mol. The van der Waals surface area contributed by atoms with Crippen LogP contribution in [0.25, 0.3) is 0 Å². The van der Waals surface area contributed by atoms with Crippen LogP contribution in [0.2, 0.25) is 0 Å². The topological polar surface area (TPSA) is 174 Å². The van der Waals surface area contributed by atoms with Crippen LogP contribution in [0.1, 0.15) is 6.42 Å². The molecule has 1 fully saturated rings. The van der Waals surface area contributed by atoms with Crippen LogP contribution in [0.15, 0.2) is 0 Å². The normalized spacial score (nSPS) is 40.2. The quantitative estimate of drug-likeness (QED) is 0.267. The summed E-state index contributed by atoms with van der Waals surface area (Å²) in [5, 5.41) is 55.5. The fourth-order valence-electron chi connectivity index (χ4n) is 1.75. The van der Waals surface area contributed by atoms with E-state index in [1.54, 1.807) is 0 Å². The molecule has 9 heteroatoms. The maximum absolute atomic E-state index is 10.8. The number of carboxylic acids is 1. The predicted octanol–water partition coefficient (Wildman–Crippen LogP) is -4.05. The van der Waals surface area contributed by atoms with E-state index in [0.29, 0.717) is 0 Å². The Morgan fingerprint density at radius 3 is 2.50 bits per heavy atom. The van der Waals surface area contributed by atoms with Crippen LogP contribution < -0.4 is 5.73 Å². The number of hydrogen-bond acceptors (Lipinski definition) is 8. The molecule has 0 bridgehead atoms. The second-order valence-corrected chi connectivity index (χ2v) is 4.26. The maximum atomic E-state index is 10.8. The second-order valence-electron chi connectivity index (χ2n) is 4.26. The van der Waals surface area contributed by atoms with Gasteiger partial charge < -0.3 is 41.1 Å². The lowest BCUT2D eigenvalue weighted by atomic mass is 9.89. The van der Waals surface area contributed by atoms with Crippen molar-refractivity contribution in [3.8, 4) is 0 Å². The van der Waals surface area contributed by atoms with Gasteiger partial charge in [0.05, 0.1) is 18.8 Å². The van der Waals surface area contributed by atoms with Crippen molar-refractivity contribution in [2.75, 3.05) is 6.61 Å². The molecule has 1 heterocycles. The van der Waals surface area contributed by atoms with Gasteiger partial charge in [0.1, 0.15) is 18.3 Å². The minimum Gasteiger partial charge on any atom is -0.477 e. The third kappa shape index (κ3) is 2.78. The summed E-state index contributed by atoms with van der Waals surface area (Å²) in [5.74, 6) is -4.44. The van der Waals surface area contributed by atoms with E-state index in [4.69, 9.17) is 20.7 Å². The fourth-order valence-corrected chi connectivity index (χ4v) is 1.75. The first kappa shape index (κ1) is 15.2. The lowest BCUT2D eigenvalue weighted by Gasteiger charge is -2.43. The van der Waals surface area contributed by atoms with Crippen molar-refractivity contribution < 1.29 is 40.2 Å². The van der Waals surface area contributed by atoms with Crippen LogP contribution in [-0.2, 0) is 9.53 Å². The minimum absolute atomic E-state index is 0.665. The van der Waals surface area contributed by atoms with Crippen molar-refractivity contribution in [3.63, 3.8) is 0 Å². The summed E-state index contributed by atoms with van der Waals surface area (Å²) in [5.41, 5.74) is 5.51. The summed E-state index contributed by atoms with van der Waals surface area (Å²) in [6.45, 7) is -0.810. The molecule has 1 aliphatic heterocycles. The highest BCUT2D eigenvalue weighted by molar-refractivity contribution is 5.75. The Labute approximate surface area is 102 Å². The van der Waals surface area contributed by atoms with Crippen molar-refractivity contribution in [1.29, 1.82) is 0 Å². The number of nitrogens with two attached hydrogens (primary N) is 1. The highest BCUT2D eigenvalue weighted by Gasteiger charge is 2.52. The standard InChI is InChI=1S/C9H17NO8/c10-5-3(12)1-9(17,8(15)16)18-7(5)6(14)4(13)2-11/h3-7,11-14,17H,1-2,10H2,(H,15,16). The van der Waals surface area contributed by atoms with Crippen LogP contribution >= 0.6 is 0 Å². The average molecular weight is 267 g/mol. The van der Waals surface area contributed by atoms with Crippen molar-refractivity contribution in [3.05, 3.63) is 0 Å². The zero-order chi connectivity index (χ0) is 14.1. The minimum atomic E-state index is -2.70. The largest absolute Gasteiger partial charge is 0.477 e. The Balaban J connectivity index is 2.92. The molecule has 1 rings (SSSR count). The molecular weight excluding hydrogens is 250 g/mol. The SMILES string of the molecule is NC1C(O)CC(O)(C(=O)O)OC1C(O)C(O)CO. The number of aliphatic hydroxyl groups excluding tert-OH is 4. The molecule has 8 N–H and O–H groups in total. The fraction of sp³-hybridized carbons (Fsp3) is 0.889. The molecule has 1 saturated heterocycles. The van der Waals surface area contributed by atoms with E-state index < -0.39 is 55.2 Å². The molecule has 18 heavy (non-hydrogen) atoms. The monoisotopic (exact) mass is 267 g/mol. The smallest absolute Gasteiger partial charge is 0.364 e. The van der Waals surface area contributed by atoms with Gasteiger partial charge in [-0.15, -0.1) is 0 Å². The zero-order valence-electron chi connectivity index (χ0n) is 9.38. The molecule has 9 nitrogen and oxygen atoms in total. The van der Waals surface area contributed by atoms with Crippen LogP contribution in [-0.4, -0.2) is 79.5 Å². The van der Waals surface area contributed by atoms with E-state index in [-0.39, 0.29) is 0 Å². The third-order valence-electron chi connectivity index (χ3n) is 2.89. The average Bonchev–Trinajstić information content (AvgIpc) is 2.31. The van der Waals surface area contributed by atoms with E-state index in [1.165, 1.54) is 0 Å². The lowest BCUT2D eigenvalue weighted by molar-refractivity contribution is -0.292. The Morgan fingerprint density at radius 2 is 2.06 bits per heavy atom. The molecule has 0 aromatic carbocycles. The summed E-state index contributed by atoms with van der Waals surface area (Å²) >= 11 is 0. The van der Waals surface area contributed by atoms with Gasteiger partial charge in [-0.25, -0.2) is 4.79 Å². The summed E-state index contributed by atoms with van der Waals surface area (Å²) in [7, 11) is 0. The number of aliphatic carboxylic acids is 1. The highest BCUT2D eigenvalue weighted by Crippen LogP contribution is 2.29. The van der Waals surface area contributed by atoms with Crippen LogP contribution in [0.3, 0.4) is 0 Å². The van der Waals surface area contributed by atoms with Gasteiger partial charge in [0.25, 0.3) is 5.79 Å². The summed E-state index contributed by atoms with van der Waals surface area (Å²) < 4.78 is 4.75. The van der Waals surface area contributed by atoms with E-state index in [9.17, 15) is 25.2 Å². The van der Waals surface area contributed by atoms with Crippen molar-refractivity contribution in [2.45, 2.75) is 42.7 Å². The number of aliphatic hydroxyl groups is 5. The molecule has 6 unspecified atom stereocenters. The van der Waals surface area contributed by atoms with E-state index in [2.05, 4.69) is 0 Å². The molecule has 0 aromatic heterocycles. The maximum Gasteiger partial charge on any atom is 0.364 e. The van der Waals surface area contributed by atoms with E-state index in [1.807, 2.05) is 0 Å². The summed E-state index contributed by atoms with van der Waals surface area (Å²) in [4.78, 5) is 10.8. The Bertz CT molecular complexity index is 313. The molecule has 106 valence electrons. The summed E-state index contributed by atoms with van der Waals surface area (Å²) in [6, 6.07) is -1.21. The molecule has 0 radical (unpaired) electrons. The van der Waals surface area contributed by atoms with Gasteiger partial charge in [-0.2, -0.15) is 0 Å². The molecule has 1 aliphatic rings. The van der Waals surface area contributed by atoms with Crippen LogP contribution in [0.5, 0.6) is 0 Å². The zero-order valence-corrected chi connectivity index (χ0v) is 9.38. The molecule has 0 aliphatic carbocycles. The molecule has 0 saturated carbocycles. The first-order valence-corrected chi connectivity index (χ1v) is 5.27. The van der Waals surface area contributed by atoms with Crippen LogP contribution in [0.4, 0.5) is 0 Å². The number of hydrogen-bond donors (Lipinski definition) is 7. The van der Waals surface area contributed by atoms with Crippen molar-refractivity contribution in [1.82, 2.24) is 0 Å².